The van der Waals surface area contributed by atoms with Crippen LogP contribution in [0.4, 0.5) is 0 Å². The Morgan fingerprint density at radius 1 is 1.43 bits per heavy atom. The van der Waals surface area contributed by atoms with Crippen LogP contribution in [0.2, 0.25) is 0 Å². The van der Waals surface area contributed by atoms with Gasteiger partial charge in [0.1, 0.15) is 0 Å². The summed E-state index contributed by atoms with van der Waals surface area (Å²) in [6.07, 6.45) is 3.09. The van der Waals surface area contributed by atoms with E-state index in [1.807, 2.05) is 13.8 Å². The van der Waals surface area contributed by atoms with Gasteiger partial charge in [0.05, 0.1) is 13.0 Å². The largest absolute Gasteiger partial charge is 0.481 e. The van der Waals surface area contributed by atoms with Crippen molar-refractivity contribution in [2.45, 2.75) is 26.7 Å². The van der Waals surface area contributed by atoms with Crippen molar-refractivity contribution in [2.75, 3.05) is 6.61 Å². The fraction of sp³-hybridized carbons (Fsp3) is 0.600. The van der Waals surface area contributed by atoms with E-state index in [0.29, 0.717) is 12.5 Å². The lowest BCUT2D eigenvalue weighted by molar-refractivity contribution is -0.138. The number of carbonyl (C=O) groups is 2. The topological polar surface area (TPSA) is 63.6 Å². The summed E-state index contributed by atoms with van der Waals surface area (Å²) >= 11 is 0. The summed E-state index contributed by atoms with van der Waals surface area (Å²) in [5, 5.41) is 8.27. The lowest BCUT2D eigenvalue weighted by Crippen LogP contribution is -2.04. The molecule has 4 heteroatoms. The van der Waals surface area contributed by atoms with Gasteiger partial charge in [0.2, 0.25) is 0 Å². The minimum atomic E-state index is -0.962. The highest BCUT2D eigenvalue weighted by Crippen LogP contribution is 1.99. The van der Waals surface area contributed by atoms with Crippen LogP contribution in [0.15, 0.2) is 12.2 Å². The van der Waals surface area contributed by atoms with E-state index in [1.54, 1.807) is 0 Å². The zero-order chi connectivity index (χ0) is 11.0. The van der Waals surface area contributed by atoms with E-state index < -0.39 is 11.9 Å². The van der Waals surface area contributed by atoms with Gasteiger partial charge in [0.25, 0.3) is 0 Å². The standard InChI is InChI=1S/C10H16O4/c1-8(2)6-7-14-10(13)5-3-4-9(11)12/h3,5,8H,4,6-7H2,1-2H3,(H,11,12). The molecule has 0 spiro atoms. The van der Waals surface area contributed by atoms with Crippen LogP contribution in [0.1, 0.15) is 26.7 Å². The van der Waals surface area contributed by atoms with Crippen molar-refractivity contribution in [3.8, 4) is 0 Å². The Bertz CT molecular complexity index is 218. The Labute approximate surface area is 83.6 Å². The Kier molecular flexibility index (Phi) is 6.45. The van der Waals surface area contributed by atoms with Gasteiger partial charge in [0.15, 0.2) is 0 Å². The molecule has 1 N–H and O–H groups in total. The molecule has 0 amide bonds. The maximum atomic E-state index is 10.9. The van der Waals surface area contributed by atoms with Crippen LogP contribution in [0.3, 0.4) is 0 Å². The third-order valence-electron chi connectivity index (χ3n) is 1.49. The summed E-state index contributed by atoms with van der Waals surface area (Å²) in [6.45, 7) is 4.45. The van der Waals surface area contributed by atoms with E-state index in [4.69, 9.17) is 9.84 Å². The highest BCUT2D eigenvalue weighted by Gasteiger charge is 1.99. The van der Waals surface area contributed by atoms with Crippen molar-refractivity contribution in [3.05, 3.63) is 12.2 Å². The molecule has 0 heterocycles. The van der Waals surface area contributed by atoms with Gasteiger partial charge < -0.3 is 9.84 Å². The molecule has 0 bridgehead atoms. The van der Waals surface area contributed by atoms with Crippen molar-refractivity contribution in [2.24, 2.45) is 5.92 Å². The van der Waals surface area contributed by atoms with Gasteiger partial charge in [-0.15, -0.1) is 0 Å². The molecule has 0 fully saturated rings. The number of carbonyl (C=O) groups excluding carboxylic acids is 1. The molecule has 0 saturated heterocycles. The quantitative estimate of drug-likeness (QED) is 0.522. The van der Waals surface area contributed by atoms with Gasteiger partial charge in [-0.2, -0.15) is 0 Å². The summed E-state index contributed by atoms with van der Waals surface area (Å²) in [7, 11) is 0. The lowest BCUT2D eigenvalue weighted by Gasteiger charge is -2.03. The van der Waals surface area contributed by atoms with Gasteiger partial charge in [-0.1, -0.05) is 19.9 Å². The van der Waals surface area contributed by atoms with Crippen molar-refractivity contribution in [1.29, 1.82) is 0 Å². The van der Waals surface area contributed by atoms with Crippen molar-refractivity contribution < 1.29 is 19.4 Å². The number of hydrogen-bond donors (Lipinski definition) is 1. The fourth-order valence-electron chi connectivity index (χ4n) is 0.699. The highest BCUT2D eigenvalue weighted by atomic mass is 16.5. The van der Waals surface area contributed by atoms with E-state index in [-0.39, 0.29) is 6.42 Å². The number of hydrogen-bond acceptors (Lipinski definition) is 3. The predicted molar refractivity (Wildman–Crippen MR) is 51.8 cm³/mol. The number of ether oxygens (including phenoxy) is 1. The van der Waals surface area contributed by atoms with E-state index in [1.165, 1.54) is 6.08 Å². The number of carboxylic acids is 1. The van der Waals surface area contributed by atoms with Crippen LogP contribution < -0.4 is 0 Å². The molecule has 0 unspecified atom stereocenters. The van der Waals surface area contributed by atoms with E-state index in [2.05, 4.69) is 0 Å². The van der Waals surface area contributed by atoms with Gasteiger partial charge in [-0.3, -0.25) is 4.79 Å². The molecule has 14 heavy (non-hydrogen) atoms. The zero-order valence-corrected chi connectivity index (χ0v) is 8.53. The molecular weight excluding hydrogens is 184 g/mol. The summed E-state index contributed by atoms with van der Waals surface area (Å²) in [5.41, 5.74) is 0. The minimum absolute atomic E-state index is 0.153. The van der Waals surface area contributed by atoms with Crippen LogP contribution in [-0.4, -0.2) is 23.7 Å². The first-order chi connectivity index (χ1) is 6.52. The average Bonchev–Trinajstić information content (AvgIpc) is 2.02. The molecule has 0 aliphatic carbocycles. The van der Waals surface area contributed by atoms with Gasteiger partial charge >= 0.3 is 11.9 Å². The van der Waals surface area contributed by atoms with Crippen LogP contribution in [0.25, 0.3) is 0 Å². The van der Waals surface area contributed by atoms with Crippen LogP contribution in [0, 0.1) is 5.92 Å². The molecule has 0 aromatic heterocycles. The lowest BCUT2D eigenvalue weighted by atomic mass is 10.1. The SMILES string of the molecule is CC(C)CCOC(=O)C=CCC(=O)O. The van der Waals surface area contributed by atoms with Crippen LogP contribution in [-0.2, 0) is 14.3 Å². The van der Waals surface area contributed by atoms with E-state index in [9.17, 15) is 9.59 Å². The third kappa shape index (κ3) is 8.77. The zero-order valence-electron chi connectivity index (χ0n) is 8.53. The monoisotopic (exact) mass is 200 g/mol. The summed E-state index contributed by atoms with van der Waals surface area (Å²) in [4.78, 5) is 21.0. The maximum absolute atomic E-state index is 10.9. The van der Waals surface area contributed by atoms with Gasteiger partial charge in [0, 0.05) is 6.08 Å². The van der Waals surface area contributed by atoms with Gasteiger partial charge in [-0.05, 0) is 12.3 Å². The normalized spacial score (nSPS) is 10.8. The molecule has 0 aliphatic heterocycles. The van der Waals surface area contributed by atoms with Crippen molar-refractivity contribution in [3.63, 3.8) is 0 Å². The molecule has 80 valence electrons. The van der Waals surface area contributed by atoms with Gasteiger partial charge in [-0.25, -0.2) is 4.79 Å². The summed E-state index contributed by atoms with van der Waals surface area (Å²) < 4.78 is 4.82. The Balaban J connectivity index is 3.55. The molecule has 0 aromatic carbocycles. The fourth-order valence-corrected chi connectivity index (χ4v) is 0.699. The molecule has 0 rings (SSSR count). The molecule has 4 nitrogen and oxygen atoms in total. The van der Waals surface area contributed by atoms with Crippen molar-refractivity contribution in [1.82, 2.24) is 0 Å². The number of rotatable bonds is 6. The van der Waals surface area contributed by atoms with Crippen LogP contribution in [0.5, 0.6) is 0 Å². The number of esters is 1. The molecular formula is C10H16O4. The number of carboxylic acid groups (broad SMARTS) is 1. The molecule has 0 aliphatic rings. The second kappa shape index (κ2) is 7.12. The average molecular weight is 200 g/mol. The molecule has 0 saturated carbocycles. The van der Waals surface area contributed by atoms with E-state index >= 15 is 0 Å². The molecule has 0 radical (unpaired) electrons. The first-order valence-corrected chi connectivity index (χ1v) is 4.57. The third-order valence-corrected chi connectivity index (χ3v) is 1.49. The minimum Gasteiger partial charge on any atom is -0.481 e. The predicted octanol–water partition coefficient (Wildman–Crippen LogP) is 1.61. The number of aliphatic carboxylic acids is 1. The molecule has 0 aromatic rings. The van der Waals surface area contributed by atoms with E-state index in [0.717, 1.165) is 12.5 Å². The smallest absolute Gasteiger partial charge is 0.330 e. The summed E-state index contributed by atoms with van der Waals surface area (Å²) in [6, 6.07) is 0. The Morgan fingerprint density at radius 2 is 2.07 bits per heavy atom. The first-order valence-electron chi connectivity index (χ1n) is 4.57. The van der Waals surface area contributed by atoms with Crippen molar-refractivity contribution >= 4 is 11.9 Å². The first kappa shape index (κ1) is 12.7. The Morgan fingerprint density at radius 3 is 2.57 bits per heavy atom. The molecule has 0 atom stereocenters. The maximum Gasteiger partial charge on any atom is 0.330 e. The Hall–Kier alpha value is -1.32. The second-order valence-corrected chi connectivity index (χ2v) is 3.35. The summed E-state index contributed by atoms with van der Waals surface area (Å²) in [5.74, 6) is -0.950. The van der Waals surface area contributed by atoms with Crippen LogP contribution >= 0.6 is 0 Å². The second-order valence-electron chi connectivity index (χ2n) is 3.35. The highest BCUT2D eigenvalue weighted by molar-refractivity contribution is 5.82.